The summed E-state index contributed by atoms with van der Waals surface area (Å²) in [6.07, 6.45) is 1.75. The number of hydrogen-bond donors (Lipinski definition) is 1. The van der Waals surface area contributed by atoms with E-state index in [9.17, 15) is 0 Å². The van der Waals surface area contributed by atoms with E-state index in [4.69, 9.17) is 34.8 Å². The molecule has 0 atom stereocenters. The molecule has 3 nitrogen and oxygen atoms in total. The predicted octanol–water partition coefficient (Wildman–Crippen LogP) is 4.26. The molecule has 0 aromatic heterocycles. The molecule has 3 rings (SSSR count). The molecule has 19 heavy (non-hydrogen) atoms. The second-order valence-electron chi connectivity index (χ2n) is 3.96. The molecule has 2 heterocycles. The zero-order chi connectivity index (χ0) is 13.6. The summed E-state index contributed by atoms with van der Waals surface area (Å²) in [6.45, 7) is 0.652. The Morgan fingerprint density at radius 2 is 2.05 bits per heavy atom. The maximum atomic E-state index is 6.23. The standard InChI is InChI=1S/C12H7BrCl3N3/c13-7-5-17-19-10(15)4-9(18-12(7)19)6-2-1-3-8(14)11(6)16/h1-4,17H,5H2. The number of nitrogens with one attached hydrogen (secondary N) is 1. The van der Waals surface area contributed by atoms with E-state index in [-0.39, 0.29) is 0 Å². The van der Waals surface area contributed by atoms with Gasteiger partial charge in [0.25, 0.3) is 0 Å². The summed E-state index contributed by atoms with van der Waals surface area (Å²) in [6, 6.07) is 5.43. The summed E-state index contributed by atoms with van der Waals surface area (Å²) in [5.41, 5.74) is 4.54. The zero-order valence-corrected chi connectivity index (χ0v) is 13.3. The van der Waals surface area contributed by atoms with Crippen molar-refractivity contribution in [3.63, 3.8) is 0 Å². The Balaban J connectivity index is 2.13. The topological polar surface area (TPSA) is 27.6 Å². The number of allylic oxidation sites excluding steroid dienone is 1. The summed E-state index contributed by atoms with van der Waals surface area (Å²) in [4.78, 5) is 4.56. The fraction of sp³-hybridized carbons (Fsp3) is 0.0833. The molecule has 2 aliphatic rings. The molecule has 1 aromatic carbocycles. The van der Waals surface area contributed by atoms with Gasteiger partial charge in [0.15, 0.2) is 5.82 Å². The molecule has 0 fully saturated rings. The van der Waals surface area contributed by atoms with Crippen LogP contribution in [0.2, 0.25) is 10.0 Å². The molecule has 0 bridgehead atoms. The van der Waals surface area contributed by atoms with Crippen molar-refractivity contribution >= 4 is 56.4 Å². The fourth-order valence-corrected chi connectivity index (χ4v) is 2.91. The van der Waals surface area contributed by atoms with Crippen LogP contribution in [-0.2, 0) is 0 Å². The van der Waals surface area contributed by atoms with Crippen LogP contribution in [0.5, 0.6) is 0 Å². The second kappa shape index (κ2) is 5.11. The first-order valence-electron chi connectivity index (χ1n) is 5.40. The number of aliphatic imine (C=N–C) groups is 1. The Hall–Kier alpha value is -0.520. The molecule has 0 unspecified atom stereocenters. The third-order valence-electron chi connectivity index (χ3n) is 2.77. The molecular weight excluding hydrogens is 372 g/mol. The lowest BCUT2D eigenvalue weighted by Gasteiger charge is -2.23. The molecule has 0 saturated carbocycles. The molecule has 2 aliphatic heterocycles. The Morgan fingerprint density at radius 3 is 2.84 bits per heavy atom. The molecule has 1 aromatic rings. The van der Waals surface area contributed by atoms with E-state index in [1.54, 1.807) is 17.2 Å². The summed E-state index contributed by atoms with van der Waals surface area (Å²) < 4.78 is 0.939. The summed E-state index contributed by atoms with van der Waals surface area (Å²) >= 11 is 21.9. The molecule has 0 radical (unpaired) electrons. The average Bonchev–Trinajstić information content (AvgIpc) is 2.75. The van der Waals surface area contributed by atoms with Crippen LogP contribution in [0.1, 0.15) is 5.56 Å². The normalized spacial score (nSPS) is 18.4. The van der Waals surface area contributed by atoms with E-state index in [0.717, 1.165) is 15.9 Å². The number of fused-ring (bicyclic) bond motifs is 1. The van der Waals surface area contributed by atoms with Crippen LogP contribution < -0.4 is 5.43 Å². The number of benzene rings is 1. The SMILES string of the molecule is ClC1=CC(c2cccc(Cl)c2Cl)=NC2=C(Br)CNN12. The second-order valence-corrected chi connectivity index (χ2v) is 6.09. The highest BCUT2D eigenvalue weighted by Gasteiger charge is 2.27. The van der Waals surface area contributed by atoms with Gasteiger partial charge in [-0.2, -0.15) is 0 Å². The number of rotatable bonds is 1. The van der Waals surface area contributed by atoms with Gasteiger partial charge < -0.3 is 0 Å². The van der Waals surface area contributed by atoms with Gasteiger partial charge in [-0.25, -0.2) is 15.4 Å². The van der Waals surface area contributed by atoms with Crippen molar-refractivity contribution in [1.29, 1.82) is 0 Å². The molecule has 7 heteroatoms. The van der Waals surface area contributed by atoms with Gasteiger partial charge in [-0.1, -0.05) is 62.9 Å². The minimum Gasteiger partial charge on any atom is -0.247 e. The molecule has 0 aliphatic carbocycles. The lowest BCUT2D eigenvalue weighted by molar-refractivity contribution is 0.371. The highest BCUT2D eigenvalue weighted by molar-refractivity contribution is 9.11. The Morgan fingerprint density at radius 1 is 1.26 bits per heavy atom. The van der Waals surface area contributed by atoms with Crippen LogP contribution in [0.4, 0.5) is 0 Å². The maximum Gasteiger partial charge on any atom is 0.160 e. The number of hydrazine groups is 1. The number of nitrogens with zero attached hydrogens (tertiary/aromatic N) is 2. The van der Waals surface area contributed by atoms with Crippen LogP contribution in [0.15, 0.2) is 44.7 Å². The predicted molar refractivity (Wildman–Crippen MR) is 82.7 cm³/mol. The molecule has 0 saturated heterocycles. The minimum absolute atomic E-state index is 0.472. The van der Waals surface area contributed by atoms with Gasteiger partial charge in [0, 0.05) is 11.6 Å². The monoisotopic (exact) mass is 377 g/mol. The van der Waals surface area contributed by atoms with Gasteiger partial charge >= 0.3 is 0 Å². The van der Waals surface area contributed by atoms with E-state index in [1.165, 1.54) is 0 Å². The van der Waals surface area contributed by atoms with Gasteiger partial charge in [0.2, 0.25) is 0 Å². The zero-order valence-electron chi connectivity index (χ0n) is 9.42. The molecule has 0 amide bonds. The largest absolute Gasteiger partial charge is 0.247 e. The van der Waals surface area contributed by atoms with E-state index in [2.05, 4.69) is 26.3 Å². The number of halogens is 4. The lowest BCUT2D eigenvalue weighted by atomic mass is 10.1. The van der Waals surface area contributed by atoms with Crippen LogP contribution >= 0.6 is 50.7 Å². The molecule has 1 N–H and O–H groups in total. The lowest BCUT2D eigenvalue weighted by Crippen LogP contribution is -2.31. The minimum atomic E-state index is 0.472. The molecular formula is C12H7BrCl3N3. The van der Waals surface area contributed by atoms with Gasteiger partial charge in [0.05, 0.1) is 26.8 Å². The van der Waals surface area contributed by atoms with Crippen molar-refractivity contribution in [2.24, 2.45) is 4.99 Å². The van der Waals surface area contributed by atoms with Crippen molar-refractivity contribution in [3.8, 4) is 0 Å². The number of hydrogen-bond acceptors (Lipinski definition) is 3. The third kappa shape index (κ3) is 2.32. The molecule has 98 valence electrons. The first-order valence-corrected chi connectivity index (χ1v) is 7.33. The van der Waals surface area contributed by atoms with Crippen LogP contribution in [0.3, 0.4) is 0 Å². The van der Waals surface area contributed by atoms with Gasteiger partial charge in [-0.15, -0.1) is 0 Å². The van der Waals surface area contributed by atoms with Crippen LogP contribution in [-0.4, -0.2) is 17.3 Å². The smallest absolute Gasteiger partial charge is 0.160 e. The van der Waals surface area contributed by atoms with Gasteiger partial charge in [0.1, 0.15) is 5.16 Å². The summed E-state index contributed by atoms with van der Waals surface area (Å²) in [5, 5.41) is 3.21. The summed E-state index contributed by atoms with van der Waals surface area (Å²) in [7, 11) is 0. The Labute approximate surface area is 133 Å². The highest BCUT2D eigenvalue weighted by atomic mass is 79.9. The van der Waals surface area contributed by atoms with Crippen molar-refractivity contribution in [2.45, 2.75) is 0 Å². The van der Waals surface area contributed by atoms with E-state index in [0.29, 0.717) is 27.5 Å². The van der Waals surface area contributed by atoms with Crippen molar-refractivity contribution in [1.82, 2.24) is 10.4 Å². The quantitative estimate of drug-likeness (QED) is 0.739. The maximum absolute atomic E-state index is 6.23. The van der Waals surface area contributed by atoms with Crippen molar-refractivity contribution in [2.75, 3.05) is 6.54 Å². The third-order valence-corrected chi connectivity index (χ3v) is 4.50. The first-order chi connectivity index (χ1) is 9.08. The molecule has 0 spiro atoms. The van der Waals surface area contributed by atoms with Gasteiger partial charge in [-0.05, 0) is 6.07 Å². The van der Waals surface area contributed by atoms with E-state index in [1.807, 2.05) is 12.1 Å². The Bertz CT molecular complexity index is 652. The van der Waals surface area contributed by atoms with E-state index >= 15 is 0 Å². The van der Waals surface area contributed by atoms with Crippen LogP contribution in [0, 0.1) is 0 Å². The van der Waals surface area contributed by atoms with Crippen LogP contribution in [0.25, 0.3) is 0 Å². The highest BCUT2D eigenvalue weighted by Crippen LogP contribution is 2.33. The van der Waals surface area contributed by atoms with Crippen molar-refractivity contribution < 1.29 is 0 Å². The van der Waals surface area contributed by atoms with E-state index < -0.39 is 0 Å². The van der Waals surface area contributed by atoms with Crippen molar-refractivity contribution in [3.05, 3.63) is 55.3 Å². The Kier molecular flexibility index (Phi) is 3.62. The van der Waals surface area contributed by atoms with Gasteiger partial charge in [-0.3, -0.25) is 0 Å². The first kappa shape index (κ1) is 13.5. The average molecular weight is 379 g/mol. The fourth-order valence-electron chi connectivity index (χ4n) is 1.87. The summed E-state index contributed by atoms with van der Waals surface area (Å²) in [5.74, 6) is 0.735.